The number of hydrogen-bond donors (Lipinski definition) is 1. The van der Waals surface area contributed by atoms with E-state index in [1.165, 1.54) is 6.07 Å². The minimum Gasteiger partial charge on any atom is -0.454 e. The van der Waals surface area contributed by atoms with Gasteiger partial charge >= 0.3 is 0 Å². The lowest BCUT2D eigenvalue weighted by atomic mass is 9.84. The van der Waals surface area contributed by atoms with Crippen LogP contribution in [0.25, 0.3) is 0 Å². The summed E-state index contributed by atoms with van der Waals surface area (Å²) in [6, 6.07) is 12.6. The van der Waals surface area contributed by atoms with Crippen LogP contribution in [-0.2, 0) is 10.2 Å². The topological polar surface area (TPSA) is 47.6 Å². The Morgan fingerprint density at radius 3 is 2.77 bits per heavy atom. The predicted octanol–water partition coefficient (Wildman–Crippen LogP) is 3.75. The zero-order chi connectivity index (χ0) is 18.3. The summed E-state index contributed by atoms with van der Waals surface area (Å²) in [5, 5.41) is 3.04. The van der Waals surface area contributed by atoms with Gasteiger partial charge in [-0.1, -0.05) is 38.1 Å². The van der Waals surface area contributed by atoms with Crippen LogP contribution >= 0.6 is 0 Å². The molecular formula is C21H22FNO3. The fourth-order valence-corrected chi connectivity index (χ4v) is 3.46. The van der Waals surface area contributed by atoms with Crippen LogP contribution in [0.2, 0.25) is 0 Å². The number of carbonyl (C=O) groups excluding carboxylic acids is 1. The lowest BCUT2D eigenvalue weighted by molar-refractivity contribution is -0.122. The number of carbonyl (C=O) groups is 1. The molecule has 26 heavy (non-hydrogen) atoms. The third-order valence-corrected chi connectivity index (χ3v) is 5.29. The smallest absolute Gasteiger partial charge is 0.231 e. The molecule has 0 bridgehead atoms. The summed E-state index contributed by atoms with van der Waals surface area (Å²) in [6.45, 7) is 4.90. The molecule has 0 radical (unpaired) electrons. The van der Waals surface area contributed by atoms with E-state index in [1.807, 2.05) is 24.3 Å². The number of fused-ring (bicyclic) bond motifs is 1. The van der Waals surface area contributed by atoms with Crippen molar-refractivity contribution in [3.05, 3.63) is 59.4 Å². The van der Waals surface area contributed by atoms with Crippen molar-refractivity contribution < 1.29 is 18.7 Å². The summed E-state index contributed by atoms with van der Waals surface area (Å²) in [4.78, 5) is 12.5. The lowest BCUT2D eigenvalue weighted by Gasteiger charge is -2.26. The second-order valence-electron chi connectivity index (χ2n) is 7.64. The van der Waals surface area contributed by atoms with Crippen molar-refractivity contribution in [2.24, 2.45) is 5.92 Å². The summed E-state index contributed by atoms with van der Waals surface area (Å²) in [5.41, 5.74) is 1.46. The van der Waals surface area contributed by atoms with Crippen LogP contribution in [-0.4, -0.2) is 19.2 Å². The molecule has 1 amide bonds. The van der Waals surface area contributed by atoms with E-state index in [-0.39, 0.29) is 35.8 Å². The highest BCUT2D eigenvalue weighted by Crippen LogP contribution is 2.48. The van der Waals surface area contributed by atoms with Crippen LogP contribution in [0.5, 0.6) is 11.5 Å². The van der Waals surface area contributed by atoms with Crippen LogP contribution < -0.4 is 14.8 Å². The molecule has 5 heteroatoms. The quantitative estimate of drug-likeness (QED) is 0.889. The van der Waals surface area contributed by atoms with Gasteiger partial charge in [0.1, 0.15) is 5.82 Å². The molecule has 0 saturated heterocycles. The monoisotopic (exact) mass is 355 g/mol. The summed E-state index contributed by atoms with van der Waals surface area (Å²) in [6.07, 6.45) is 0.706. The van der Waals surface area contributed by atoms with Gasteiger partial charge < -0.3 is 14.8 Å². The average molecular weight is 355 g/mol. The number of ether oxygens (including phenoxy) is 2. The summed E-state index contributed by atoms with van der Waals surface area (Å²) in [5.74, 6) is 1.10. The van der Waals surface area contributed by atoms with Gasteiger partial charge in [0.2, 0.25) is 12.7 Å². The zero-order valence-electron chi connectivity index (χ0n) is 14.9. The molecule has 1 aliphatic heterocycles. The fraction of sp³-hybridized carbons (Fsp3) is 0.381. The van der Waals surface area contributed by atoms with Crippen molar-refractivity contribution in [1.29, 1.82) is 0 Å². The molecule has 2 atom stereocenters. The Kier molecular flexibility index (Phi) is 4.10. The van der Waals surface area contributed by atoms with Crippen molar-refractivity contribution in [3.63, 3.8) is 0 Å². The van der Waals surface area contributed by atoms with Crippen molar-refractivity contribution in [2.45, 2.75) is 31.6 Å². The van der Waals surface area contributed by atoms with Crippen LogP contribution in [0.15, 0.2) is 42.5 Å². The van der Waals surface area contributed by atoms with Gasteiger partial charge in [-0.15, -0.1) is 0 Å². The number of hydrogen-bond acceptors (Lipinski definition) is 3. The summed E-state index contributed by atoms with van der Waals surface area (Å²) < 4.78 is 24.7. The predicted molar refractivity (Wildman–Crippen MR) is 95.8 cm³/mol. The third kappa shape index (κ3) is 3.14. The zero-order valence-corrected chi connectivity index (χ0v) is 14.9. The van der Waals surface area contributed by atoms with E-state index < -0.39 is 0 Å². The highest BCUT2D eigenvalue weighted by molar-refractivity contribution is 5.83. The van der Waals surface area contributed by atoms with E-state index in [0.29, 0.717) is 18.5 Å². The molecule has 1 aliphatic carbocycles. The van der Waals surface area contributed by atoms with Crippen molar-refractivity contribution in [3.8, 4) is 11.5 Å². The number of amides is 1. The summed E-state index contributed by atoms with van der Waals surface area (Å²) >= 11 is 0. The van der Waals surface area contributed by atoms with Gasteiger partial charge in [0.05, 0.1) is 0 Å². The first kappa shape index (κ1) is 16.9. The third-order valence-electron chi connectivity index (χ3n) is 5.29. The maximum absolute atomic E-state index is 13.9. The highest BCUT2D eigenvalue weighted by atomic mass is 19.1. The normalized spacial score (nSPS) is 20.7. The van der Waals surface area contributed by atoms with Crippen LogP contribution in [0.4, 0.5) is 4.39 Å². The maximum Gasteiger partial charge on any atom is 0.231 e. The van der Waals surface area contributed by atoms with Gasteiger partial charge in [-0.25, -0.2) is 4.39 Å². The molecule has 1 saturated carbocycles. The Morgan fingerprint density at radius 2 is 1.96 bits per heavy atom. The molecule has 0 aromatic heterocycles. The number of benzene rings is 2. The van der Waals surface area contributed by atoms with E-state index in [4.69, 9.17) is 9.47 Å². The molecule has 2 unspecified atom stereocenters. The average Bonchev–Trinajstić information content (AvgIpc) is 3.28. The largest absolute Gasteiger partial charge is 0.454 e. The second-order valence-corrected chi connectivity index (χ2v) is 7.64. The number of rotatable bonds is 5. The van der Waals surface area contributed by atoms with Crippen molar-refractivity contribution in [1.82, 2.24) is 5.32 Å². The minimum atomic E-state index is -0.251. The van der Waals surface area contributed by atoms with Gasteiger partial charge in [-0.05, 0) is 41.7 Å². The van der Waals surface area contributed by atoms with E-state index in [1.54, 1.807) is 12.1 Å². The van der Waals surface area contributed by atoms with E-state index >= 15 is 0 Å². The van der Waals surface area contributed by atoms with Crippen LogP contribution in [0, 0.1) is 11.7 Å². The van der Waals surface area contributed by atoms with Crippen molar-refractivity contribution >= 4 is 5.91 Å². The molecule has 2 aromatic rings. The van der Waals surface area contributed by atoms with Gasteiger partial charge in [-0.3, -0.25) is 4.79 Å². The van der Waals surface area contributed by atoms with Gasteiger partial charge in [0.25, 0.3) is 0 Å². The van der Waals surface area contributed by atoms with Crippen LogP contribution in [0.1, 0.15) is 37.3 Å². The Bertz CT molecular complexity index is 849. The molecule has 2 aliphatic rings. The Morgan fingerprint density at radius 1 is 1.19 bits per heavy atom. The molecular weight excluding hydrogens is 333 g/mol. The number of nitrogens with one attached hydrogen (secondary N) is 1. The van der Waals surface area contributed by atoms with Gasteiger partial charge in [-0.2, -0.15) is 0 Å². The first-order valence-electron chi connectivity index (χ1n) is 8.88. The molecule has 2 aromatic carbocycles. The van der Waals surface area contributed by atoms with E-state index in [9.17, 15) is 9.18 Å². The van der Waals surface area contributed by atoms with E-state index in [0.717, 1.165) is 17.1 Å². The van der Waals surface area contributed by atoms with Gasteiger partial charge in [0, 0.05) is 17.9 Å². The Labute approximate surface area is 152 Å². The fourth-order valence-electron chi connectivity index (χ4n) is 3.46. The SMILES string of the molecule is CC(C)(CNC(=O)C1CC1c1ccccc1F)c1ccc2c(c1)OCO2. The first-order valence-corrected chi connectivity index (χ1v) is 8.88. The van der Waals surface area contributed by atoms with Crippen molar-refractivity contribution in [2.75, 3.05) is 13.3 Å². The standard InChI is InChI=1S/C21H22FNO3/c1-21(2,13-7-8-18-19(9-13)26-12-25-18)11-23-20(24)16-10-15(16)14-5-3-4-6-17(14)22/h3-9,15-16H,10-12H2,1-2H3,(H,23,24). The highest BCUT2D eigenvalue weighted by Gasteiger charge is 2.45. The molecule has 1 heterocycles. The summed E-state index contributed by atoms with van der Waals surface area (Å²) in [7, 11) is 0. The number of halogens is 1. The maximum atomic E-state index is 13.9. The second kappa shape index (κ2) is 6.31. The van der Waals surface area contributed by atoms with E-state index in [2.05, 4.69) is 19.2 Å². The molecule has 136 valence electrons. The Balaban J connectivity index is 1.38. The first-order chi connectivity index (χ1) is 12.5. The lowest BCUT2D eigenvalue weighted by Crippen LogP contribution is -2.37. The van der Waals surface area contributed by atoms with Crippen LogP contribution in [0.3, 0.4) is 0 Å². The molecule has 0 spiro atoms. The molecule has 1 fully saturated rings. The van der Waals surface area contributed by atoms with Gasteiger partial charge in [0.15, 0.2) is 11.5 Å². The Hall–Kier alpha value is -2.56. The molecule has 4 nitrogen and oxygen atoms in total. The molecule has 4 rings (SSSR count). The molecule has 1 N–H and O–H groups in total. The minimum absolute atomic E-state index is 0.00734.